The topological polar surface area (TPSA) is 24.5 Å². The highest BCUT2D eigenvalue weighted by Gasteiger charge is 2.31. The minimum absolute atomic E-state index is 0.431. The number of para-hydroxylation sites is 1. The lowest BCUT2D eigenvalue weighted by Gasteiger charge is -2.40. The zero-order valence-electron chi connectivity index (χ0n) is 12.8. The van der Waals surface area contributed by atoms with Crippen LogP contribution in [-0.2, 0) is 0 Å². The second kappa shape index (κ2) is 5.74. The maximum Gasteiger partial charge on any atom is 0.124 e. The average Bonchev–Trinajstić information content (AvgIpc) is 2.46. The van der Waals surface area contributed by atoms with Crippen molar-refractivity contribution in [2.75, 3.05) is 20.2 Å². The Hall–Kier alpha value is -1.06. The normalized spacial score (nSPS) is 34.4. The van der Waals surface area contributed by atoms with Gasteiger partial charge in [-0.2, -0.15) is 0 Å². The Balaban J connectivity index is 1.73. The molecule has 0 radical (unpaired) electrons. The van der Waals surface area contributed by atoms with Gasteiger partial charge in [-0.25, -0.2) is 0 Å². The third-order valence-electron chi connectivity index (χ3n) is 4.95. The number of rotatable bonds is 2. The highest BCUT2D eigenvalue weighted by atomic mass is 16.5. The Kier molecular flexibility index (Phi) is 3.99. The minimum atomic E-state index is 0.431. The molecular weight excluding hydrogens is 248 g/mol. The lowest BCUT2D eigenvalue weighted by molar-refractivity contribution is 0.135. The predicted octanol–water partition coefficient (Wildman–Crippen LogP) is 2.83. The summed E-state index contributed by atoms with van der Waals surface area (Å²) in [4.78, 5) is 2.46. The van der Waals surface area contributed by atoms with Gasteiger partial charge < -0.3 is 15.0 Å². The van der Waals surface area contributed by atoms with Crippen LogP contribution in [-0.4, -0.2) is 37.2 Å². The second-order valence-electron chi connectivity index (χ2n) is 6.52. The third-order valence-corrected chi connectivity index (χ3v) is 4.95. The fraction of sp³-hybridized carbons (Fsp3) is 0.647. The van der Waals surface area contributed by atoms with Crippen LogP contribution in [0.1, 0.15) is 38.3 Å². The van der Waals surface area contributed by atoms with E-state index < -0.39 is 0 Å². The molecule has 0 aliphatic carbocycles. The second-order valence-corrected chi connectivity index (χ2v) is 6.52. The summed E-state index contributed by atoms with van der Waals surface area (Å²) in [6.45, 7) is 6.62. The van der Waals surface area contributed by atoms with Crippen molar-refractivity contribution >= 4 is 0 Å². The molecule has 4 atom stereocenters. The number of ether oxygens (including phenoxy) is 1. The highest BCUT2D eigenvalue weighted by molar-refractivity contribution is 5.38. The van der Waals surface area contributed by atoms with Crippen molar-refractivity contribution in [3.05, 3.63) is 29.8 Å². The summed E-state index contributed by atoms with van der Waals surface area (Å²) in [6, 6.07) is 10.2. The summed E-state index contributed by atoms with van der Waals surface area (Å²) >= 11 is 0. The van der Waals surface area contributed by atoms with E-state index in [1.54, 1.807) is 0 Å². The van der Waals surface area contributed by atoms with Gasteiger partial charge in [0.2, 0.25) is 0 Å². The van der Waals surface area contributed by atoms with Gasteiger partial charge in [0.1, 0.15) is 5.75 Å². The van der Waals surface area contributed by atoms with Crippen LogP contribution in [0.25, 0.3) is 0 Å². The molecule has 4 unspecified atom stereocenters. The molecule has 1 aromatic rings. The number of nitrogens with one attached hydrogen (secondary N) is 1. The van der Waals surface area contributed by atoms with E-state index in [9.17, 15) is 0 Å². The Morgan fingerprint density at radius 2 is 2.05 bits per heavy atom. The predicted molar refractivity (Wildman–Crippen MR) is 82.1 cm³/mol. The molecule has 1 fully saturated rings. The van der Waals surface area contributed by atoms with E-state index >= 15 is 0 Å². The molecule has 3 rings (SSSR count). The van der Waals surface area contributed by atoms with Crippen molar-refractivity contribution in [3.63, 3.8) is 0 Å². The minimum Gasteiger partial charge on any atom is -0.493 e. The summed E-state index contributed by atoms with van der Waals surface area (Å²) < 4.78 is 5.85. The van der Waals surface area contributed by atoms with E-state index in [0.29, 0.717) is 24.0 Å². The van der Waals surface area contributed by atoms with Crippen LogP contribution in [0.15, 0.2) is 24.3 Å². The number of fused-ring (bicyclic) bond motifs is 1. The van der Waals surface area contributed by atoms with Crippen LogP contribution < -0.4 is 10.1 Å². The molecule has 0 bridgehead atoms. The monoisotopic (exact) mass is 274 g/mol. The molecule has 0 saturated carbocycles. The van der Waals surface area contributed by atoms with Gasteiger partial charge in [-0.3, -0.25) is 0 Å². The van der Waals surface area contributed by atoms with Gasteiger partial charge >= 0.3 is 0 Å². The summed E-state index contributed by atoms with van der Waals surface area (Å²) in [5, 5.41) is 3.91. The zero-order valence-corrected chi connectivity index (χ0v) is 12.8. The highest BCUT2D eigenvalue weighted by Crippen LogP contribution is 2.36. The Morgan fingerprint density at radius 1 is 1.25 bits per heavy atom. The van der Waals surface area contributed by atoms with Crippen molar-refractivity contribution in [2.45, 2.75) is 44.8 Å². The van der Waals surface area contributed by atoms with Crippen molar-refractivity contribution in [1.82, 2.24) is 10.2 Å². The van der Waals surface area contributed by atoms with Gasteiger partial charge in [-0.05, 0) is 39.4 Å². The van der Waals surface area contributed by atoms with Crippen molar-refractivity contribution in [3.8, 4) is 5.75 Å². The SMILES string of the molecule is CC1COc2ccccc2C1NC1CCN(C)C(C)C1. The number of hydrogen-bond donors (Lipinski definition) is 1. The maximum atomic E-state index is 5.85. The van der Waals surface area contributed by atoms with Gasteiger partial charge in [0.15, 0.2) is 0 Å². The van der Waals surface area contributed by atoms with Gasteiger partial charge in [0, 0.05) is 29.6 Å². The lowest BCUT2D eigenvalue weighted by Crippen LogP contribution is -2.48. The van der Waals surface area contributed by atoms with Gasteiger partial charge in [-0.15, -0.1) is 0 Å². The van der Waals surface area contributed by atoms with Gasteiger partial charge in [0.25, 0.3) is 0 Å². The molecular formula is C17H26N2O. The molecule has 20 heavy (non-hydrogen) atoms. The van der Waals surface area contributed by atoms with Gasteiger partial charge in [-0.1, -0.05) is 25.1 Å². The van der Waals surface area contributed by atoms with E-state index in [0.717, 1.165) is 12.4 Å². The molecule has 2 heterocycles. The first-order valence-electron chi connectivity index (χ1n) is 7.83. The van der Waals surface area contributed by atoms with Crippen molar-refractivity contribution in [1.29, 1.82) is 0 Å². The molecule has 0 aromatic heterocycles. The maximum absolute atomic E-state index is 5.85. The summed E-state index contributed by atoms with van der Waals surface area (Å²) in [5.41, 5.74) is 1.33. The number of benzene rings is 1. The Labute approximate surface area is 122 Å². The van der Waals surface area contributed by atoms with E-state index in [1.807, 2.05) is 0 Å². The zero-order chi connectivity index (χ0) is 14.1. The number of hydrogen-bond acceptors (Lipinski definition) is 3. The van der Waals surface area contributed by atoms with Crippen LogP contribution in [0.4, 0.5) is 0 Å². The largest absolute Gasteiger partial charge is 0.493 e. The molecule has 1 saturated heterocycles. The van der Waals surface area contributed by atoms with E-state index in [2.05, 4.69) is 55.4 Å². The number of piperidine rings is 1. The van der Waals surface area contributed by atoms with Crippen LogP contribution in [0.2, 0.25) is 0 Å². The molecule has 1 aromatic carbocycles. The van der Waals surface area contributed by atoms with Crippen LogP contribution in [0.3, 0.4) is 0 Å². The average molecular weight is 274 g/mol. The molecule has 3 nitrogen and oxygen atoms in total. The van der Waals surface area contributed by atoms with E-state index in [4.69, 9.17) is 4.74 Å². The standard InChI is InChI=1S/C17H26N2O/c1-12-11-20-16-7-5-4-6-15(16)17(12)18-14-8-9-19(3)13(2)10-14/h4-7,12-14,17-18H,8-11H2,1-3H3. The summed E-state index contributed by atoms with van der Waals surface area (Å²) in [6.07, 6.45) is 2.48. The molecule has 0 spiro atoms. The molecule has 110 valence electrons. The molecule has 2 aliphatic rings. The molecule has 3 heteroatoms. The number of likely N-dealkylation sites (tertiary alicyclic amines) is 1. The van der Waals surface area contributed by atoms with E-state index in [1.165, 1.54) is 24.9 Å². The fourth-order valence-corrected chi connectivity index (χ4v) is 3.44. The lowest BCUT2D eigenvalue weighted by atomic mass is 9.89. The summed E-state index contributed by atoms with van der Waals surface area (Å²) in [7, 11) is 2.23. The van der Waals surface area contributed by atoms with Crippen molar-refractivity contribution in [2.24, 2.45) is 5.92 Å². The van der Waals surface area contributed by atoms with E-state index in [-0.39, 0.29) is 0 Å². The van der Waals surface area contributed by atoms with Crippen LogP contribution in [0.5, 0.6) is 5.75 Å². The first-order chi connectivity index (χ1) is 9.65. The first-order valence-corrected chi connectivity index (χ1v) is 7.83. The number of nitrogens with zero attached hydrogens (tertiary/aromatic N) is 1. The van der Waals surface area contributed by atoms with Crippen LogP contribution in [0, 0.1) is 5.92 Å². The molecule has 2 aliphatic heterocycles. The molecule has 0 amide bonds. The fourth-order valence-electron chi connectivity index (χ4n) is 3.44. The quantitative estimate of drug-likeness (QED) is 0.897. The Bertz CT molecular complexity index is 462. The third kappa shape index (κ3) is 2.70. The van der Waals surface area contributed by atoms with Gasteiger partial charge in [0.05, 0.1) is 6.61 Å². The van der Waals surface area contributed by atoms with Crippen molar-refractivity contribution < 1.29 is 4.74 Å². The molecule has 1 N–H and O–H groups in total. The van der Waals surface area contributed by atoms with Crippen LogP contribution >= 0.6 is 0 Å². The first kappa shape index (κ1) is 13.9. The smallest absolute Gasteiger partial charge is 0.124 e. The Morgan fingerprint density at radius 3 is 2.85 bits per heavy atom. The summed E-state index contributed by atoms with van der Waals surface area (Å²) in [5.74, 6) is 1.59.